The molecule has 0 spiro atoms. The third kappa shape index (κ3) is 15.1. The highest BCUT2D eigenvalue weighted by Crippen LogP contribution is 2.19. The zero-order valence-electron chi connectivity index (χ0n) is 34.4. The summed E-state index contributed by atoms with van der Waals surface area (Å²) in [5.74, 6) is 1.24. The van der Waals surface area contributed by atoms with E-state index in [2.05, 4.69) is 48.6 Å². The summed E-state index contributed by atoms with van der Waals surface area (Å²) < 4.78 is 8.50. The molecule has 6 rings (SSSR count). The second kappa shape index (κ2) is 23.6. The van der Waals surface area contributed by atoms with Crippen molar-refractivity contribution in [3.05, 3.63) is 177 Å². The minimum atomic E-state index is -0.111. The molecule has 4 heterocycles. The zero-order valence-corrected chi connectivity index (χ0v) is 35.9. The van der Waals surface area contributed by atoms with E-state index in [-0.39, 0.29) is 24.0 Å². The maximum Gasteiger partial charge on any atom is 0.241 e. The van der Waals surface area contributed by atoms with Crippen molar-refractivity contribution < 1.29 is 19.1 Å². The number of carbonyl (C=O) groups excluding carboxylic acids is 3. The van der Waals surface area contributed by atoms with Gasteiger partial charge in [-0.15, -0.1) is 0 Å². The molecule has 0 aliphatic rings. The van der Waals surface area contributed by atoms with Gasteiger partial charge in [-0.1, -0.05) is 84.9 Å². The van der Waals surface area contributed by atoms with Crippen LogP contribution < -0.4 is 5.32 Å². The monoisotopic (exact) mass is 861 g/mol. The van der Waals surface area contributed by atoms with E-state index in [0.29, 0.717) is 73.4 Å². The van der Waals surface area contributed by atoms with Gasteiger partial charge in [0.1, 0.15) is 18.2 Å². The molecule has 0 atom stereocenters. The molecule has 1 N–H and O–H groups in total. The average Bonchev–Trinajstić information content (AvgIpc) is 3.92. The van der Waals surface area contributed by atoms with E-state index in [1.165, 1.54) is 12.2 Å². The molecule has 1 amide bonds. The summed E-state index contributed by atoms with van der Waals surface area (Å²) in [5.41, 5.74) is 7.54. The summed E-state index contributed by atoms with van der Waals surface area (Å²) in [6.45, 7) is 8.51. The molecule has 15 heteroatoms. The van der Waals surface area contributed by atoms with E-state index >= 15 is 0 Å². The molecule has 4 aromatic heterocycles. The van der Waals surface area contributed by atoms with Crippen LogP contribution in [0.1, 0.15) is 56.7 Å². The lowest BCUT2D eigenvalue weighted by Gasteiger charge is -2.07. The maximum absolute atomic E-state index is 11.5. The number of aromatic nitrogens is 8. The van der Waals surface area contributed by atoms with Crippen LogP contribution in [-0.4, -0.2) is 77.7 Å². The third-order valence-corrected chi connectivity index (χ3v) is 10.1. The minimum Gasteiger partial charge on any atom is -0.383 e. The van der Waals surface area contributed by atoms with Crippen molar-refractivity contribution in [3.63, 3.8) is 0 Å². The van der Waals surface area contributed by atoms with E-state index in [1.807, 2.05) is 71.5 Å². The van der Waals surface area contributed by atoms with Crippen LogP contribution >= 0.6 is 23.2 Å². The van der Waals surface area contributed by atoms with Crippen LogP contribution in [0.25, 0.3) is 0 Å². The van der Waals surface area contributed by atoms with Crippen molar-refractivity contribution in [3.8, 4) is 0 Å². The van der Waals surface area contributed by atoms with Gasteiger partial charge < -0.3 is 10.1 Å². The Kier molecular flexibility index (Phi) is 17.8. The van der Waals surface area contributed by atoms with Crippen molar-refractivity contribution in [2.24, 2.45) is 0 Å². The number of allylic oxidation sites excluding steroid dienone is 2. The Hall–Kier alpha value is -6.15. The van der Waals surface area contributed by atoms with Gasteiger partial charge in [0.25, 0.3) is 0 Å². The molecule has 2 aromatic carbocycles. The third-order valence-electron chi connectivity index (χ3n) is 9.47. The second-order valence-corrected chi connectivity index (χ2v) is 14.9. The number of carbonyl (C=O) groups is 3. The Morgan fingerprint density at radius 2 is 1.11 bits per heavy atom. The molecule has 0 radical (unpaired) electrons. The first-order valence-corrected chi connectivity index (χ1v) is 20.5. The molecule has 0 fully saturated rings. The molecular formula is C46H49Cl2N9O4. The van der Waals surface area contributed by atoms with Crippen molar-refractivity contribution in [1.29, 1.82) is 0 Å². The molecule has 0 aliphatic heterocycles. The van der Waals surface area contributed by atoms with Crippen LogP contribution in [0.3, 0.4) is 0 Å². The maximum atomic E-state index is 11.5. The summed E-state index contributed by atoms with van der Waals surface area (Å²) in [6.07, 6.45) is 14.4. The van der Waals surface area contributed by atoms with Gasteiger partial charge in [0.15, 0.2) is 11.6 Å². The first-order chi connectivity index (χ1) is 29.5. The fourth-order valence-electron chi connectivity index (χ4n) is 6.07. The second-order valence-electron chi connectivity index (χ2n) is 14.1. The number of benzene rings is 2. The number of ether oxygens (including phenoxy) is 1. The number of halogens is 2. The predicted molar refractivity (Wildman–Crippen MR) is 236 cm³/mol. The largest absolute Gasteiger partial charge is 0.383 e. The fourth-order valence-corrected chi connectivity index (χ4v) is 6.44. The molecule has 0 aliphatic carbocycles. The first-order valence-electron chi connectivity index (χ1n) is 19.7. The topological polar surface area (TPSA) is 160 Å². The summed E-state index contributed by atoms with van der Waals surface area (Å²) in [7, 11) is 3.26. The highest BCUT2D eigenvalue weighted by atomic mass is 35.5. The van der Waals surface area contributed by atoms with Gasteiger partial charge in [-0.25, -0.2) is 19.9 Å². The number of rotatable bonds is 21. The summed E-state index contributed by atoms with van der Waals surface area (Å²) in [4.78, 5) is 52.3. The summed E-state index contributed by atoms with van der Waals surface area (Å²) >= 11 is 12.6. The van der Waals surface area contributed by atoms with Crippen LogP contribution in [0.2, 0.25) is 10.0 Å². The van der Waals surface area contributed by atoms with E-state index < -0.39 is 0 Å². The van der Waals surface area contributed by atoms with Gasteiger partial charge in [0.2, 0.25) is 5.91 Å². The van der Waals surface area contributed by atoms with Gasteiger partial charge >= 0.3 is 0 Å². The Morgan fingerprint density at radius 3 is 1.56 bits per heavy atom. The molecule has 316 valence electrons. The number of methoxy groups -OCH3 is 1. The quantitative estimate of drug-likeness (QED) is 0.0804. The number of nitrogens with zero attached hydrogens (tertiary/aromatic N) is 8. The number of likely N-dealkylation sites (N-methyl/N-ethyl adjacent to an activating group) is 1. The SMILES string of the molecule is C=CC(=O)Cc1ccc(CCc2nc(Cc3ccn(CC(=O)NC)n3)ncc2Cl)cc1.C=CC(=O)Cc1ccc(CCc2nc(Cc3ccn(CCOC)n3)ncc2Cl)cc1. The lowest BCUT2D eigenvalue weighted by atomic mass is 10.0. The van der Waals surface area contributed by atoms with Crippen LogP contribution in [-0.2, 0) is 83.6 Å². The van der Waals surface area contributed by atoms with Crippen LogP contribution in [0, 0.1) is 0 Å². The number of hydrogen-bond donors (Lipinski definition) is 1. The number of aryl methyl sites for hydroxylation is 4. The highest BCUT2D eigenvalue weighted by Gasteiger charge is 2.12. The standard InChI is InChI=1S/C23H24ClN5O2.C23H25ClN4O2/c1-3-19(30)12-17-6-4-16(5-7-17)8-9-21-20(24)14-26-22(27-21)13-18-10-11-29(28-18)15-23(31)25-2;1-3-20(29)14-18-6-4-17(5-7-18)8-9-22-21(24)16-25-23(26-22)15-19-10-11-28(27-19)12-13-30-2/h3-7,10-11,14H,1,8-9,12-13,15H2,2H3,(H,25,31);3-7,10-11,16H,1,8-9,12-15H2,2H3. The lowest BCUT2D eigenvalue weighted by Crippen LogP contribution is -2.23. The van der Waals surface area contributed by atoms with Crippen LogP contribution in [0.5, 0.6) is 0 Å². The van der Waals surface area contributed by atoms with Gasteiger partial charge in [-0.3, -0.25) is 23.7 Å². The Morgan fingerprint density at radius 1 is 0.672 bits per heavy atom. The van der Waals surface area contributed by atoms with E-state index in [0.717, 1.165) is 57.9 Å². The number of nitrogens with one attached hydrogen (secondary N) is 1. The molecule has 13 nitrogen and oxygen atoms in total. The van der Waals surface area contributed by atoms with Gasteiger partial charge in [0, 0.05) is 51.8 Å². The van der Waals surface area contributed by atoms with Gasteiger partial charge in [-0.2, -0.15) is 10.2 Å². The van der Waals surface area contributed by atoms with E-state index in [4.69, 9.17) is 27.9 Å². The number of amides is 1. The lowest BCUT2D eigenvalue weighted by molar-refractivity contribution is -0.121. The van der Waals surface area contributed by atoms with Crippen LogP contribution in [0.4, 0.5) is 0 Å². The molecule has 0 saturated carbocycles. The Balaban J connectivity index is 0.000000231. The van der Waals surface area contributed by atoms with E-state index in [9.17, 15) is 14.4 Å². The van der Waals surface area contributed by atoms with Crippen molar-refractivity contribution in [2.75, 3.05) is 20.8 Å². The Labute approximate surface area is 365 Å². The normalized spacial score (nSPS) is 10.8. The molecule has 0 bridgehead atoms. The minimum absolute atomic E-state index is 0.00603. The predicted octanol–water partition coefficient (Wildman–Crippen LogP) is 6.39. The molecule has 0 unspecified atom stereocenters. The molecule has 61 heavy (non-hydrogen) atoms. The summed E-state index contributed by atoms with van der Waals surface area (Å²) in [5, 5.41) is 12.6. The molecule has 6 aromatic rings. The molecule has 0 saturated heterocycles. The van der Waals surface area contributed by atoms with Gasteiger partial charge in [-0.05, 0) is 72.2 Å². The fraction of sp³-hybridized carbons (Fsp3) is 0.283. The Bertz CT molecular complexity index is 2410. The highest BCUT2D eigenvalue weighted by molar-refractivity contribution is 6.31. The number of ketones is 2. The first kappa shape index (κ1) is 45.9. The smallest absolute Gasteiger partial charge is 0.241 e. The van der Waals surface area contributed by atoms with E-state index in [1.54, 1.807) is 37.4 Å². The van der Waals surface area contributed by atoms with Crippen LogP contribution in [0.15, 0.2) is 111 Å². The summed E-state index contributed by atoms with van der Waals surface area (Å²) in [6, 6.07) is 19.8. The van der Waals surface area contributed by atoms with Gasteiger partial charge in [0.05, 0.1) is 58.8 Å². The van der Waals surface area contributed by atoms with Crippen molar-refractivity contribution in [1.82, 2.24) is 44.8 Å². The zero-order chi connectivity index (χ0) is 43.6. The molecular weight excluding hydrogens is 813 g/mol. The number of hydrogen-bond acceptors (Lipinski definition) is 10. The van der Waals surface area contributed by atoms with Crippen molar-refractivity contribution in [2.45, 2.75) is 64.5 Å². The van der Waals surface area contributed by atoms with Crippen molar-refractivity contribution >= 4 is 40.7 Å². The average molecular weight is 863 g/mol.